The van der Waals surface area contributed by atoms with Gasteiger partial charge in [-0.1, -0.05) is 0 Å². The molecule has 0 spiro atoms. The van der Waals surface area contributed by atoms with Crippen molar-refractivity contribution in [1.82, 2.24) is 0 Å². The summed E-state index contributed by atoms with van der Waals surface area (Å²) in [5.74, 6) is 2.62. The fourth-order valence-corrected chi connectivity index (χ4v) is 3.99. The molecule has 2 aliphatic heterocycles. The first-order valence-electron chi connectivity index (χ1n) is 10.1. The Morgan fingerprint density at radius 1 is 0.964 bits per heavy atom. The summed E-state index contributed by atoms with van der Waals surface area (Å²) >= 11 is 0. The van der Waals surface area contributed by atoms with Crippen molar-refractivity contribution in [3.8, 4) is 17.2 Å². The third-order valence-electron chi connectivity index (χ3n) is 5.53. The number of rotatable bonds is 7. The lowest BCUT2D eigenvalue weighted by Gasteiger charge is -2.31. The molecule has 1 atom stereocenters. The van der Waals surface area contributed by atoms with Crippen molar-refractivity contribution in [3.05, 3.63) is 53.6 Å². The maximum atomic E-state index is 5.71. The minimum atomic E-state index is 0.437. The van der Waals surface area contributed by atoms with Crippen LogP contribution in [0.1, 0.15) is 17.2 Å². The highest BCUT2D eigenvalue weighted by Gasteiger charge is 2.28. The third-order valence-corrected chi connectivity index (χ3v) is 5.53. The van der Waals surface area contributed by atoms with Crippen LogP contribution in [0, 0.1) is 0 Å². The van der Waals surface area contributed by atoms with Crippen LogP contribution in [0.5, 0.6) is 17.2 Å². The van der Waals surface area contributed by atoms with Gasteiger partial charge in [0.25, 0.3) is 0 Å². The molecule has 2 aromatic rings. The summed E-state index contributed by atoms with van der Waals surface area (Å²) in [6, 6.07) is 15.2. The Morgan fingerprint density at radius 3 is 2.46 bits per heavy atom. The van der Waals surface area contributed by atoms with E-state index in [1.54, 1.807) is 12.0 Å². The molecule has 4 rings (SSSR count). The van der Waals surface area contributed by atoms with Crippen LogP contribution >= 0.6 is 0 Å². The van der Waals surface area contributed by atoms with Gasteiger partial charge in [-0.05, 0) is 42.5 Å². The van der Waals surface area contributed by atoms with Gasteiger partial charge in [0.05, 0.1) is 20.3 Å². The first kappa shape index (κ1) is 19.1. The summed E-state index contributed by atoms with van der Waals surface area (Å²) in [6.45, 7) is 6.98. The SMILES string of the molecule is COc1ccc([C@H](C[NH2+]Cc2ccc3c(c2)OCCO3)[NH+]2CCOCC2)cc1. The quantitative estimate of drug-likeness (QED) is 0.713. The summed E-state index contributed by atoms with van der Waals surface area (Å²) in [6.07, 6.45) is 0. The van der Waals surface area contributed by atoms with Crippen LogP contribution in [0.2, 0.25) is 0 Å². The van der Waals surface area contributed by atoms with E-state index in [1.807, 2.05) is 6.07 Å². The highest BCUT2D eigenvalue weighted by Crippen LogP contribution is 2.30. The predicted molar refractivity (Wildman–Crippen MR) is 105 cm³/mol. The Labute approximate surface area is 166 Å². The lowest BCUT2D eigenvalue weighted by atomic mass is 10.0. The fraction of sp³-hybridized carbons (Fsp3) is 0.455. The van der Waals surface area contributed by atoms with Crippen molar-refractivity contribution >= 4 is 0 Å². The molecule has 1 saturated heterocycles. The predicted octanol–water partition coefficient (Wildman–Crippen LogP) is 0.186. The highest BCUT2D eigenvalue weighted by atomic mass is 16.6. The van der Waals surface area contributed by atoms with Crippen LogP contribution < -0.4 is 24.4 Å². The molecule has 28 heavy (non-hydrogen) atoms. The number of quaternary nitrogens is 2. The minimum absolute atomic E-state index is 0.437. The molecule has 2 heterocycles. The lowest BCUT2D eigenvalue weighted by molar-refractivity contribution is -0.952. The number of benzene rings is 2. The lowest BCUT2D eigenvalue weighted by Crippen LogP contribution is -3.16. The highest BCUT2D eigenvalue weighted by molar-refractivity contribution is 5.43. The van der Waals surface area contributed by atoms with Crippen LogP contribution in [0.3, 0.4) is 0 Å². The Kier molecular flexibility index (Phi) is 6.31. The molecule has 0 amide bonds. The van der Waals surface area contributed by atoms with E-state index in [9.17, 15) is 0 Å². The molecule has 0 bridgehead atoms. The molecule has 6 nitrogen and oxygen atoms in total. The number of hydrogen-bond donors (Lipinski definition) is 2. The van der Waals surface area contributed by atoms with Crippen LogP contribution in [0.15, 0.2) is 42.5 Å². The van der Waals surface area contributed by atoms with Gasteiger partial charge in [-0.15, -0.1) is 0 Å². The molecule has 2 aliphatic rings. The second-order valence-corrected chi connectivity index (χ2v) is 7.30. The number of nitrogens with two attached hydrogens (primary N) is 1. The van der Waals surface area contributed by atoms with Crippen molar-refractivity contribution in [2.45, 2.75) is 12.6 Å². The molecule has 0 unspecified atom stereocenters. The van der Waals surface area contributed by atoms with Crippen molar-refractivity contribution in [3.63, 3.8) is 0 Å². The molecule has 6 heteroatoms. The van der Waals surface area contributed by atoms with Crippen LogP contribution in [0.25, 0.3) is 0 Å². The molecule has 0 saturated carbocycles. The standard InChI is InChI=1S/C22H28N2O4/c1-25-19-5-3-18(4-6-19)20(24-8-10-26-11-9-24)16-23-15-17-2-7-21-22(14-17)28-13-12-27-21/h2-7,14,20,23H,8-13,15-16H2,1H3/p+2/t20-/m0/s1. The molecule has 3 N–H and O–H groups in total. The second-order valence-electron chi connectivity index (χ2n) is 7.30. The van der Waals surface area contributed by atoms with Gasteiger partial charge in [0.15, 0.2) is 17.5 Å². The van der Waals surface area contributed by atoms with Crippen LogP contribution in [0.4, 0.5) is 0 Å². The van der Waals surface area contributed by atoms with E-state index in [2.05, 4.69) is 41.7 Å². The monoisotopic (exact) mass is 386 g/mol. The molecule has 150 valence electrons. The Morgan fingerprint density at radius 2 is 1.71 bits per heavy atom. The maximum Gasteiger partial charge on any atom is 0.163 e. The van der Waals surface area contributed by atoms with Crippen molar-refractivity contribution in [1.29, 1.82) is 0 Å². The van der Waals surface area contributed by atoms with Gasteiger partial charge in [0.2, 0.25) is 0 Å². The van der Waals surface area contributed by atoms with Crippen LogP contribution in [-0.4, -0.2) is 53.2 Å². The van der Waals surface area contributed by atoms with Gasteiger partial charge >= 0.3 is 0 Å². The molecular weight excluding hydrogens is 356 g/mol. The van der Waals surface area contributed by atoms with Gasteiger partial charge in [-0.25, -0.2) is 0 Å². The third kappa shape index (κ3) is 4.58. The number of hydrogen-bond acceptors (Lipinski definition) is 4. The number of ether oxygens (including phenoxy) is 4. The average Bonchev–Trinajstić information content (AvgIpc) is 2.77. The number of morpholine rings is 1. The zero-order chi connectivity index (χ0) is 19.2. The number of methoxy groups -OCH3 is 1. The normalized spacial score (nSPS) is 17.9. The summed E-state index contributed by atoms with van der Waals surface area (Å²) in [7, 11) is 1.71. The van der Waals surface area contributed by atoms with E-state index in [0.717, 1.165) is 56.6 Å². The number of fused-ring (bicyclic) bond motifs is 1. The first-order valence-corrected chi connectivity index (χ1v) is 10.1. The number of nitrogens with one attached hydrogen (secondary N) is 1. The minimum Gasteiger partial charge on any atom is -0.497 e. The molecule has 0 radical (unpaired) electrons. The van der Waals surface area contributed by atoms with E-state index in [4.69, 9.17) is 18.9 Å². The Hall–Kier alpha value is -2.28. The summed E-state index contributed by atoms with van der Waals surface area (Å²) < 4.78 is 22.2. The maximum absolute atomic E-state index is 5.71. The van der Waals surface area contributed by atoms with Crippen LogP contribution in [-0.2, 0) is 11.3 Å². The smallest absolute Gasteiger partial charge is 0.163 e. The fourth-order valence-electron chi connectivity index (χ4n) is 3.99. The van der Waals surface area contributed by atoms with E-state index in [-0.39, 0.29) is 0 Å². The zero-order valence-corrected chi connectivity index (χ0v) is 16.5. The molecular formula is C22H30N2O4+2. The summed E-state index contributed by atoms with van der Waals surface area (Å²) in [5.41, 5.74) is 2.62. The molecule has 1 fully saturated rings. The second kappa shape index (κ2) is 9.28. The Bertz CT molecular complexity index is 760. The first-order chi connectivity index (χ1) is 13.8. The van der Waals surface area contributed by atoms with E-state index >= 15 is 0 Å². The van der Waals surface area contributed by atoms with Gasteiger partial charge < -0.3 is 29.2 Å². The topological polar surface area (TPSA) is 58.0 Å². The van der Waals surface area contributed by atoms with Crippen molar-refractivity contribution in [2.24, 2.45) is 0 Å². The largest absolute Gasteiger partial charge is 0.497 e. The summed E-state index contributed by atoms with van der Waals surface area (Å²) in [4.78, 5) is 1.59. The molecule has 0 aliphatic carbocycles. The zero-order valence-electron chi connectivity index (χ0n) is 16.5. The van der Waals surface area contributed by atoms with Gasteiger partial charge in [-0.2, -0.15) is 0 Å². The van der Waals surface area contributed by atoms with Gasteiger partial charge in [0.1, 0.15) is 45.1 Å². The molecule has 2 aromatic carbocycles. The van der Waals surface area contributed by atoms with Gasteiger partial charge in [0, 0.05) is 11.1 Å². The Balaban J connectivity index is 1.41. The van der Waals surface area contributed by atoms with Crippen molar-refractivity contribution in [2.75, 3.05) is 53.2 Å². The van der Waals surface area contributed by atoms with Gasteiger partial charge in [-0.3, -0.25) is 0 Å². The average molecular weight is 386 g/mol. The molecule has 0 aromatic heterocycles. The van der Waals surface area contributed by atoms with Crippen molar-refractivity contribution < 1.29 is 29.2 Å². The van der Waals surface area contributed by atoms with E-state index < -0.39 is 0 Å². The van der Waals surface area contributed by atoms with E-state index in [1.165, 1.54) is 11.1 Å². The summed E-state index contributed by atoms with van der Waals surface area (Å²) in [5, 5.41) is 2.39. The van der Waals surface area contributed by atoms with E-state index in [0.29, 0.717) is 19.3 Å².